The molecule has 0 unspecified atom stereocenters. The summed E-state index contributed by atoms with van der Waals surface area (Å²) >= 11 is 0. The van der Waals surface area contributed by atoms with E-state index in [-0.39, 0.29) is 43.0 Å². The number of hydrogen-bond acceptors (Lipinski definition) is 4. The Kier molecular flexibility index (Phi) is 370. The SMILES string of the molecule is O=CO.O=CO.O=CO.O=CO.[Fe]. The Morgan fingerprint density at radius 1 is 0.538 bits per heavy atom. The van der Waals surface area contributed by atoms with Crippen LogP contribution in [0.2, 0.25) is 0 Å². The summed E-state index contributed by atoms with van der Waals surface area (Å²) in [6, 6.07) is 0. The first-order valence-corrected chi connectivity index (χ1v) is 1.98. The van der Waals surface area contributed by atoms with Gasteiger partial charge in [-0.1, -0.05) is 0 Å². The van der Waals surface area contributed by atoms with E-state index >= 15 is 0 Å². The summed E-state index contributed by atoms with van der Waals surface area (Å²) in [7, 11) is 0. The van der Waals surface area contributed by atoms with Crippen LogP contribution < -0.4 is 0 Å². The van der Waals surface area contributed by atoms with Crippen LogP contribution in [-0.2, 0) is 36.2 Å². The van der Waals surface area contributed by atoms with Gasteiger partial charge in [-0.25, -0.2) is 0 Å². The van der Waals surface area contributed by atoms with Crippen LogP contribution in [0.3, 0.4) is 0 Å². The number of rotatable bonds is 0. The molecule has 0 saturated carbocycles. The van der Waals surface area contributed by atoms with Crippen molar-refractivity contribution >= 4 is 25.9 Å². The van der Waals surface area contributed by atoms with Crippen molar-refractivity contribution < 1.29 is 56.7 Å². The molecular formula is C4H8FeO8. The molecule has 0 aliphatic carbocycles. The van der Waals surface area contributed by atoms with Crippen LogP contribution >= 0.6 is 0 Å². The van der Waals surface area contributed by atoms with Crippen molar-refractivity contribution in [2.45, 2.75) is 0 Å². The maximum atomic E-state index is 8.36. The van der Waals surface area contributed by atoms with Crippen molar-refractivity contribution in [2.24, 2.45) is 0 Å². The molecule has 0 aromatic carbocycles. The summed E-state index contributed by atoms with van der Waals surface area (Å²) in [5.41, 5.74) is 0. The van der Waals surface area contributed by atoms with E-state index in [1.807, 2.05) is 0 Å². The summed E-state index contributed by atoms with van der Waals surface area (Å²) in [6.07, 6.45) is 0. The topological polar surface area (TPSA) is 149 Å². The minimum absolute atomic E-state index is 0. The number of hydrogen-bond donors (Lipinski definition) is 4. The van der Waals surface area contributed by atoms with E-state index in [0.717, 1.165) is 0 Å². The third-order valence-electron chi connectivity index (χ3n) is 0. The molecule has 0 amide bonds. The Morgan fingerprint density at radius 3 is 0.538 bits per heavy atom. The summed E-state index contributed by atoms with van der Waals surface area (Å²) < 4.78 is 0. The summed E-state index contributed by atoms with van der Waals surface area (Å²) in [5.74, 6) is 0. The Morgan fingerprint density at radius 2 is 0.538 bits per heavy atom. The second-order valence-electron chi connectivity index (χ2n) is 0.422. The Balaban J connectivity index is -0.0000000213. The van der Waals surface area contributed by atoms with Gasteiger partial charge in [-0.05, 0) is 0 Å². The molecule has 0 fully saturated rings. The molecular weight excluding hydrogens is 232 g/mol. The maximum Gasteiger partial charge on any atom is 0.290 e. The number of carboxylic acid groups (broad SMARTS) is 4. The average molecular weight is 240 g/mol. The number of carbonyl (C=O) groups is 4. The predicted octanol–water partition coefficient (Wildman–Crippen LogP) is -1.20. The minimum Gasteiger partial charge on any atom is -0.483 e. The molecule has 0 aromatic rings. The van der Waals surface area contributed by atoms with Gasteiger partial charge in [-0.3, -0.25) is 19.2 Å². The third-order valence-corrected chi connectivity index (χ3v) is 0. The third kappa shape index (κ3) is 286. The zero-order valence-corrected chi connectivity index (χ0v) is 7.19. The van der Waals surface area contributed by atoms with E-state index in [2.05, 4.69) is 0 Å². The molecule has 13 heavy (non-hydrogen) atoms. The van der Waals surface area contributed by atoms with Gasteiger partial charge in [0.15, 0.2) is 0 Å². The molecule has 0 radical (unpaired) electrons. The molecule has 8 nitrogen and oxygen atoms in total. The van der Waals surface area contributed by atoms with E-state index in [1.165, 1.54) is 0 Å². The largest absolute Gasteiger partial charge is 0.483 e. The van der Waals surface area contributed by atoms with E-state index in [0.29, 0.717) is 0 Å². The molecule has 0 saturated heterocycles. The van der Waals surface area contributed by atoms with Crippen molar-refractivity contribution in [3.63, 3.8) is 0 Å². The van der Waals surface area contributed by atoms with E-state index < -0.39 is 0 Å². The van der Waals surface area contributed by atoms with Crippen molar-refractivity contribution in [1.29, 1.82) is 0 Å². The molecule has 0 heterocycles. The van der Waals surface area contributed by atoms with E-state index in [4.69, 9.17) is 39.6 Å². The second kappa shape index (κ2) is 160. The van der Waals surface area contributed by atoms with E-state index in [1.54, 1.807) is 0 Å². The Labute approximate surface area is 83.3 Å². The van der Waals surface area contributed by atoms with Gasteiger partial charge in [0.05, 0.1) is 0 Å². The molecule has 0 aliphatic heterocycles. The Hall–Kier alpha value is -1.60. The van der Waals surface area contributed by atoms with Crippen LogP contribution in [0.15, 0.2) is 0 Å². The first-order valence-electron chi connectivity index (χ1n) is 1.98. The summed E-state index contributed by atoms with van der Waals surface area (Å²) in [5, 5.41) is 27.6. The van der Waals surface area contributed by atoms with Crippen LogP contribution in [-0.4, -0.2) is 46.3 Å². The van der Waals surface area contributed by atoms with Gasteiger partial charge in [0.2, 0.25) is 0 Å². The quantitative estimate of drug-likeness (QED) is 0.304. The zero-order valence-electron chi connectivity index (χ0n) is 6.08. The van der Waals surface area contributed by atoms with Crippen molar-refractivity contribution in [1.82, 2.24) is 0 Å². The van der Waals surface area contributed by atoms with E-state index in [9.17, 15) is 0 Å². The minimum atomic E-state index is -0.250. The molecule has 0 aromatic heterocycles. The Bertz CT molecular complexity index is 70.1. The van der Waals surface area contributed by atoms with Crippen LogP contribution in [0.4, 0.5) is 0 Å². The first-order chi connectivity index (χ1) is 5.66. The van der Waals surface area contributed by atoms with Crippen molar-refractivity contribution in [2.75, 3.05) is 0 Å². The standard InChI is InChI=1S/4CH2O2.Fe/c4*2-1-3;/h4*1H,(H,2,3);. The van der Waals surface area contributed by atoms with Gasteiger partial charge in [-0.2, -0.15) is 0 Å². The zero-order chi connectivity index (χ0) is 10.8. The molecule has 0 spiro atoms. The van der Waals surface area contributed by atoms with Crippen LogP contribution in [0.5, 0.6) is 0 Å². The molecule has 4 N–H and O–H groups in total. The molecule has 0 bridgehead atoms. The van der Waals surface area contributed by atoms with Crippen LogP contribution in [0.25, 0.3) is 0 Å². The first kappa shape index (κ1) is 30.1. The maximum absolute atomic E-state index is 8.36. The van der Waals surface area contributed by atoms with Gasteiger partial charge < -0.3 is 20.4 Å². The molecule has 0 atom stereocenters. The van der Waals surface area contributed by atoms with Crippen LogP contribution in [0.1, 0.15) is 0 Å². The van der Waals surface area contributed by atoms with Gasteiger partial charge in [0.1, 0.15) is 0 Å². The predicted molar refractivity (Wildman–Crippen MR) is 34.8 cm³/mol. The molecule has 80 valence electrons. The molecule has 0 rings (SSSR count). The van der Waals surface area contributed by atoms with Gasteiger partial charge in [0.25, 0.3) is 25.9 Å². The van der Waals surface area contributed by atoms with Crippen LogP contribution in [0, 0.1) is 0 Å². The van der Waals surface area contributed by atoms with Gasteiger partial charge >= 0.3 is 0 Å². The second-order valence-corrected chi connectivity index (χ2v) is 0.422. The van der Waals surface area contributed by atoms with Gasteiger partial charge in [0, 0.05) is 17.1 Å². The fourth-order valence-electron chi connectivity index (χ4n) is 0. The molecule has 0 aliphatic rings. The fourth-order valence-corrected chi connectivity index (χ4v) is 0. The average Bonchev–Trinajstić information content (AvgIpc) is 1.92. The fraction of sp³-hybridized carbons (Fsp3) is 0. The normalized spacial score (nSPS) is 3.69. The summed E-state index contributed by atoms with van der Waals surface area (Å²) in [6.45, 7) is -1.00. The molecule has 9 heteroatoms. The summed E-state index contributed by atoms with van der Waals surface area (Å²) in [4.78, 5) is 33.4. The van der Waals surface area contributed by atoms with Crippen molar-refractivity contribution in [3.8, 4) is 0 Å². The smallest absolute Gasteiger partial charge is 0.290 e. The van der Waals surface area contributed by atoms with Crippen molar-refractivity contribution in [3.05, 3.63) is 0 Å². The monoisotopic (exact) mass is 240 g/mol. The van der Waals surface area contributed by atoms with Gasteiger partial charge in [-0.15, -0.1) is 0 Å².